The van der Waals surface area contributed by atoms with Gasteiger partial charge in [0.25, 0.3) is 0 Å². The van der Waals surface area contributed by atoms with Crippen LogP contribution >= 0.6 is 11.8 Å². The Morgan fingerprint density at radius 1 is 1.47 bits per heavy atom. The van der Waals surface area contributed by atoms with Crippen molar-refractivity contribution in [1.29, 1.82) is 0 Å². The standard InChI is InChI=1S/C11H17FN2S/c1-14(5-6-15-2)8-9-3-4-11(13)10(12)7-9/h3-4,7H,5-6,8,13H2,1-2H3. The van der Waals surface area contributed by atoms with Crippen molar-refractivity contribution in [2.75, 3.05) is 31.3 Å². The highest BCUT2D eigenvalue weighted by Gasteiger charge is 2.03. The molecule has 0 saturated carbocycles. The van der Waals surface area contributed by atoms with Gasteiger partial charge in [0, 0.05) is 18.8 Å². The van der Waals surface area contributed by atoms with Crippen LogP contribution in [0.25, 0.3) is 0 Å². The fourth-order valence-corrected chi connectivity index (χ4v) is 1.80. The summed E-state index contributed by atoms with van der Waals surface area (Å²) >= 11 is 1.81. The first-order chi connectivity index (χ1) is 7.13. The second-order valence-corrected chi connectivity index (χ2v) is 4.57. The van der Waals surface area contributed by atoms with Gasteiger partial charge in [-0.2, -0.15) is 11.8 Å². The van der Waals surface area contributed by atoms with Crippen molar-refractivity contribution in [1.82, 2.24) is 4.90 Å². The Kier molecular flexibility index (Phi) is 4.91. The number of hydrogen-bond donors (Lipinski definition) is 1. The van der Waals surface area contributed by atoms with Crippen molar-refractivity contribution in [3.63, 3.8) is 0 Å². The average molecular weight is 228 g/mol. The third-order valence-corrected chi connectivity index (χ3v) is 2.79. The zero-order chi connectivity index (χ0) is 11.3. The van der Waals surface area contributed by atoms with Crippen LogP contribution in [0, 0.1) is 5.82 Å². The summed E-state index contributed by atoms with van der Waals surface area (Å²) in [7, 11) is 2.03. The van der Waals surface area contributed by atoms with Gasteiger partial charge in [0.1, 0.15) is 5.82 Å². The van der Waals surface area contributed by atoms with Gasteiger partial charge in [0.15, 0.2) is 0 Å². The lowest BCUT2D eigenvalue weighted by molar-refractivity contribution is 0.348. The van der Waals surface area contributed by atoms with Crippen molar-refractivity contribution in [2.24, 2.45) is 0 Å². The molecule has 1 rings (SSSR count). The number of nitrogens with two attached hydrogens (primary N) is 1. The van der Waals surface area contributed by atoms with Gasteiger partial charge >= 0.3 is 0 Å². The van der Waals surface area contributed by atoms with Crippen LogP contribution in [0.15, 0.2) is 18.2 Å². The van der Waals surface area contributed by atoms with E-state index < -0.39 is 0 Å². The highest BCUT2D eigenvalue weighted by atomic mass is 32.2. The van der Waals surface area contributed by atoms with Crippen molar-refractivity contribution in [3.05, 3.63) is 29.6 Å². The maximum absolute atomic E-state index is 13.1. The largest absolute Gasteiger partial charge is 0.396 e. The van der Waals surface area contributed by atoms with E-state index in [0.717, 1.165) is 24.4 Å². The SMILES string of the molecule is CSCCN(C)Cc1ccc(N)c(F)c1. The molecule has 0 fully saturated rings. The number of thioether (sulfide) groups is 1. The minimum Gasteiger partial charge on any atom is -0.396 e. The van der Waals surface area contributed by atoms with Crippen molar-refractivity contribution in [3.8, 4) is 0 Å². The summed E-state index contributed by atoms with van der Waals surface area (Å²) in [6.07, 6.45) is 2.08. The van der Waals surface area contributed by atoms with E-state index in [-0.39, 0.29) is 11.5 Å². The highest BCUT2D eigenvalue weighted by Crippen LogP contribution is 2.13. The lowest BCUT2D eigenvalue weighted by atomic mass is 10.2. The molecule has 0 aliphatic rings. The predicted molar refractivity (Wildman–Crippen MR) is 65.5 cm³/mol. The fourth-order valence-electron chi connectivity index (χ4n) is 1.31. The molecule has 0 aliphatic heterocycles. The molecule has 0 saturated heterocycles. The second kappa shape index (κ2) is 5.98. The van der Waals surface area contributed by atoms with E-state index >= 15 is 0 Å². The van der Waals surface area contributed by atoms with Crippen molar-refractivity contribution in [2.45, 2.75) is 6.54 Å². The van der Waals surface area contributed by atoms with Crippen LogP contribution in [0.1, 0.15) is 5.56 Å². The van der Waals surface area contributed by atoms with E-state index in [4.69, 9.17) is 5.73 Å². The number of nitrogens with zero attached hydrogens (tertiary/aromatic N) is 1. The van der Waals surface area contributed by atoms with Crippen LogP contribution in [0.3, 0.4) is 0 Å². The minimum atomic E-state index is -0.328. The van der Waals surface area contributed by atoms with E-state index in [1.54, 1.807) is 6.07 Å². The average Bonchev–Trinajstić information content (AvgIpc) is 2.20. The molecular formula is C11H17FN2S. The Bertz CT molecular complexity index is 317. The summed E-state index contributed by atoms with van der Waals surface area (Å²) in [5.74, 6) is 0.763. The second-order valence-electron chi connectivity index (χ2n) is 3.59. The van der Waals surface area contributed by atoms with Crippen LogP contribution in [0.4, 0.5) is 10.1 Å². The molecule has 0 unspecified atom stereocenters. The molecule has 1 aromatic rings. The van der Waals surface area contributed by atoms with Gasteiger partial charge in [-0.25, -0.2) is 4.39 Å². The van der Waals surface area contributed by atoms with Crippen LogP contribution in [0.2, 0.25) is 0 Å². The first kappa shape index (κ1) is 12.3. The van der Waals surface area contributed by atoms with Crippen molar-refractivity contribution < 1.29 is 4.39 Å². The highest BCUT2D eigenvalue weighted by molar-refractivity contribution is 7.98. The molecule has 15 heavy (non-hydrogen) atoms. The third kappa shape index (κ3) is 4.10. The number of halogens is 1. The molecule has 84 valence electrons. The number of hydrogen-bond acceptors (Lipinski definition) is 3. The summed E-state index contributed by atoms with van der Waals surface area (Å²) in [5.41, 5.74) is 6.58. The summed E-state index contributed by atoms with van der Waals surface area (Å²) < 4.78 is 13.1. The fraction of sp³-hybridized carbons (Fsp3) is 0.455. The van der Waals surface area contributed by atoms with Gasteiger partial charge in [-0.3, -0.25) is 0 Å². The number of rotatable bonds is 5. The van der Waals surface area contributed by atoms with Crippen LogP contribution in [-0.4, -0.2) is 30.5 Å². The van der Waals surface area contributed by atoms with Gasteiger partial charge in [-0.05, 0) is 31.0 Å². The molecule has 0 atom stereocenters. The summed E-state index contributed by atoms with van der Waals surface area (Å²) in [6.45, 7) is 1.77. The lowest BCUT2D eigenvalue weighted by Crippen LogP contribution is -2.20. The maximum Gasteiger partial charge on any atom is 0.146 e. The topological polar surface area (TPSA) is 29.3 Å². The third-order valence-electron chi connectivity index (χ3n) is 2.19. The van der Waals surface area contributed by atoms with Gasteiger partial charge in [0.2, 0.25) is 0 Å². The molecule has 0 aromatic heterocycles. The van der Waals surface area contributed by atoms with Gasteiger partial charge in [-0.15, -0.1) is 0 Å². The molecule has 0 amide bonds. The molecule has 0 radical (unpaired) electrons. The maximum atomic E-state index is 13.1. The zero-order valence-corrected chi connectivity index (χ0v) is 9.98. The summed E-state index contributed by atoms with van der Waals surface area (Å²) in [4.78, 5) is 2.17. The molecule has 0 aliphatic carbocycles. The monoisotopic (exact) mass is 228 g/mol. The molecule has 2 N–H and O–H groups in total. The Balaban J connectivity index is 2.53. The first-order valence-corrected chi connectivity index (χ1v) is 6.24. The molecule has 4 heteroatoms. The summed E-state index contributed by atoms with van der Waals surface area (Å²) in [6, 6.07) is 4.99. The van der Waals surface area contributed by atoms with Gasteiger partial charge < -0.3 is 10.6 Å². The lowest BCUT2D eigenvalue weighted by Gasteiger charge is -2.16. The molecule has 0 heterocycles. The molecule has 0 spiro atoms. The molecule has 1 aromatic carbocycles. The normalized spacial score (nSPS) is 10.9. The van der Waals surface area contributed by atoms with E-state index in [1.165, 1.54) is 6.07 Å². The van der Waals surface area contributed by atoms with Gasteiger partial charge in [-0.1, -0.05) is 6.07 Å². The molecule has 2 nitrogen and oxygen atoms in total. The molecule has 0 bridgehead atoms. The number of benzene rings is 1. The van der Waals surface area contributed by atoms with Gasteiger partial charge in [0.05, 0.1) is 5.69 Å². The van der Waals surface area contributed by atoms with E-state index in [9.17, 15) is 4.39 Å². The van der Waals surface area contributed by atoms with Crippen molar-refractivity contribution >= 4 is 17.4 Å². The minimum absolute atomic E-state index is 0.213. The van der Waals surface area contributed by atoms with Crippen LogP contribution < -0.4 is 5.73 Å². The Labute approximate surface area is 94.6 Å². The number of nitrogen functional groups attached to an aromatic ring is 1. The smallest absolute Gasteiger partial charge is 0.146 e. The van der Waals surface area contributed by atoms with E-state index in [2.05, 4.69) is 11.2 Å². The Morgan fingerprint density at radius 3 is 2.80 bits per heavy atom. The Morgan fingerprint density at radius 2 is 2.20 bits per heavy atom. The first-order valence-electron chi connectivity index (χ1n) is 4.85. The molecular weight excluding hydrogens is 211 g/mol. The van der Waals surface area contributed by atoms with Crippen LogP contribution in [-0.2, 0) is 6.54 Å². The van der Waals surface area contributed by atoms with E-state index in [0.29, 0.717) is 0 Å². The van der Waals surface area contributed by atoms with E-state index in [1.807, 2.05) is 24.9 Å². The number of anilines is 1. The zero-order valence-electron chi connectivity index (χ0n) is 9.16. The summed E-state index contributed by atoms with van der Waals surface area (Å²) in [5, 5.41) is 0. The van der Waals surface area contributed by atoms with Crippen LogP contribution in [0.5, 0.6) is 0 Å². The predicted octanol–water partition coefficient (Wildman–Crippen LogP) is 2.20. The quantitative estimate of drug-likeness (QED) is 0.783. The Hall–Kier alpha value is -0.740.